The summed E-state index contributed by atoms with van der Waals surface area (Å²) in [5.41, 5.74) is 3.43. The van der Waals surface area contributed by atoms with Gasteiger partial charge in [-0.2, -0.15) is 0 Å². The third kappa shape index (κ3) is 8.50. The van der Waals surface area contributed by atoms with Crippen molar-refractivity contribution in [3.63, 3.8) is 0 Å². The summed E-state index contributed by atoms with van der Waals surface area (Å²) in [4.78, 5) is 21.6. The van der Waals surface area contributed by atoms with Crippen LogP contribution in [0.2, 0.25) is 0 Å². The van der Waals surface area contributed by atoms with Crippen molar-refractivity contribution in [1.29, 1.82) is 0 Å². The van der Waals surface area contributed by atoms with Crippen LogP contribution >= 0.6 is 23.5 Å². The van der Waals surface area contributed by atoms with Crippen LogP contribution in [0, 0.1) is 0 Å². The largest absolute Gasteiger partial charge is 0.340 e. The molecule has 3 aromatic carbocycles. The number of anilines is 4. The maximum absolute atomic E-state index is 12.7. The number of pyridine rings is 1. The summed E-state index contributed by atoms with van der Waals surface area (Å²) in [7, 11) is 6.09. The SMILES string of the molecule is CN(C)CCCN1c2ccccc2Sc2cccnc21.CN1CCN(CCCN2c3ccccc3Sc3ccc(S(=O)(=O)N(C)C)cc32)CC1. The van der Waals surface area contributed by atoms with Crippen molar-refractivity contribution in [2.75, 3.05) is 97.4 Å². The number of aromatic nitrogens is 1. The molecule has 266 valence electrons. The van der Waals surface area contributed by atoms with Crippen molar-refractivity contribution in [2.45, 2.75) is 37.3 Å². The molecule has 0 atom stereocenters. The topological polar surface area (TPSA) is 66.5 Å². The minimum atomic E-state index is -3.47. The molecule has 0 spiro atoms. The molecule has 7 rings (SSSR count). The molecule has 0 N–H and O–H groups in total. The average molecular weight is 732 g/mol. The molecule has 1 fully saturated rings. The van der Waals surface area contributed by atoms with Crippen LogP contribution in [0.5, 0.6) is 0 Å². The number of hydrogen-bond donors (Lipinski definition) is 0. The number of sulfonamides is 1. The molecule has 12 heteroatoms. The van der Waals surface area contributed by atoms with E-state index in [-0.39, 0.29) is 0 Å². The van der Waals surface area contributed by atoms with Crippen LogP contribution in [-0.4, -0.2) is 120 Å². The Balaban J connectivity index is 0.000000187. The Kier molecular flexibility index (Phi) is 12.1. The minimum Gasteiger partial charge on any atom is -0.340 e. The van der Waals surface area contributed by atoms with Crippen LogP contribution in [-0.2, 0) is 10.0 Å². The van der Waals surface area contributed by atoms with Gasteiger partial charge in [-0.3, -0.25) is 0 Å². The lowest BCUT2D eigenvalue weighted by molar-refractivity contribution is 0.153. The zero-order valence-electron chi connectivity index (χ0n) is 29.8. The van der Waals surface area contributed by atoms with Crippen molar-refractivity contribution in [1.82, 2.24) is 24.0 Å². The Morgan fingerprint density at radius 2 is 1.28 bits per heavy atom. The first-order valence-electron chi connectivity index (χ1n) is 17.3. The third-order valence-corrected chi connectivity index (χ3v) is 13.2. The van der Waals surface area contributed by atoms with Gasteiger partial charge >= 0.3 is 0 Å². The molecule has 0 amide bonds. The van der Waals surface area contributed by atoms with Gasteiger partial charge in [-0.1, -0.05) is 47.8 Å². The summed E-state index contributed by atoms with van der Waals surface area (Å²) >= 11 is 3.52. The van der Waals surface area contributed by atoms with Crippen LogP contribution < -0.4 is 9.80 Å². The smallest absolute Gasteiger partial charge is 0.242 e. The molecule has 1 saturated heterocycles. The Bertz CT molecular complexity index is 1820. The highest BCUT2D eigenvalue weighted by Crippen LogP contribution is 2.49. The van der Waals surface area contributed by atoms with Crippen LogP contribution in [0.4, 0.5) is 22.9 Å². The first-order valence-corrected chi connectivity index (χ1v) is 20.3. The quantitative estimate of drug-likeness (QED) is 0.174. The van der Waals surface area contributed by atoms with E-state index < -0.39 is 10.0 Å². The lowest BCUT2D eigenvalue weighted by atomic mass is 10.2. The number of hydrogen-bond acceptors (Lipinski definition) is 10. The molecule has 4 heterocycles. The molecule has 4 aromatic rings. The predicted octanol–water partition coefficient (Wildman–Crippen LogP) is 6.81. The van der Waals surface area contributed by atoms with Gasteiger partial charge in [0.15, 0.2) is 0 Å². The Morgan fingerprint density at radius 3 is 1.96 bits per heavy atom. The maximum Gasteiger partial charge on any atom is 0.242 e. The molecular formula is C38H49N7O2S3. The number of benzene rings is 3. The molecule has 1 aromatic heterocycles. The van der Waals surface area contributed by atoms with E-state index in [9.17, 15) is 8.42 Å². The second kappa shape index (κ2) is 16.5. The van der Waals surface area contributed by atoms with E-state index in [1.54, 1.807) is 31.9 Å². The maximum atomic E-state index is 12.7. The zero-order chi connectivity index (χ0) is 35.3. The van der Waals surface area contributed by atoms with Crippen molar-refractivity contribution in [2.24, 2.45) is 0 Å². The summed E-state index contributed by atoms with van der Waals surface area (Å²) in [6.07, 6.45) is 4.04. The zero-order valence-corrected chi connectivity index (χ0v) is 32.3. The van der Waals surface area contributed by atoms with Gasteiger partial charge in [-0.05, 0) is 102 Å². The molecule has 3 aliphatic rings. The van der Waals surface area contributed by atoms with Crippen molar-refractivity contribution in [3.8, 4) is 0 Å². The van der Waals surface area contributed by atoms with Crippen LogP contribution in [0.25, 0.3) is 0 Å². The van der Waals surface area contributed by atoms with Gasteiger partial charge in [0.1, 0.15) is 5.82 Å². The van der Waals surface area contributed by atoms with E-state index in [0.717, 1.165) is 87.3 Å². The molecular weight excluding hydrogens is 683 g/mol. The highest BCUT2D eigenvalue weighted by atomic mass is 32.2. The standard InChI is InChI=1S/C22H30N4O2S2.C16H19N3S/c1-23(2)30(27,28)18-9-10-22-20(17-18)26(19-7-4-5-8-21(19)29-22)12-6-11-25-15-13-24(3)14-16-25;1-18(2)11-6-12-19-13-7-3-4-8-14(13)20-15-9-5-10-17-16(15)19/h4-5,7-10,17H,6,11-16H2,1-3H3;3-5,7-10H,6,11-12H2,1-2H3. The molecule has 0 radical (unpaired) electrons. The number of nitrogens with zero attached hydrogens (tertiary/aromatic N) is 7. The van der Waals surface area contributed by atoms with Crippen LogP contribution in [0.3, 0.4) is 0 Å². The van der Waals surface area contributed by atoms with Gasteiger partial charge < -0.3 is 24.5 Å². The summed E-state index contributed by atoms with van der Waals surface area (Å²) < 4.78 is 26.7. The molecule has 0 saturated carbocycles. The molecule has 0 aliphatic carbocycles. The fourth-order valence-corrected chi connectivity index (χ4v) is 9.45. The Labute approximate surface area is 307 Å². The first-order chi connectivity index (χ1) is 24.1. The number of piperazine rings is 1. The first kappa shape index (κ1) is 36.7. The van der Waals surface area contributed by atoms with Gasteiger partial charge in [-0.25, -0.2) is 17.7 Å². The predicted molar refractivity (Wildman–Crippen MR) is 208 cm³/mol. The molecule has 0 unspecified atom stereocenters. The normalized spacial score (nSPS) is 16.0. The average Bonchev–Trinajstić information content (AvgIpc) is 3.11. The third-order valence-electron chi connectivity index (χ3n) is 9.20. The highest BCUT2D eigenvalue weighted by molar-refractivity contribution is 8.00. The van der Waals surface area contributed by atoms with Gasteiger partial charge in [0.2, 0.25) is 10.0 Å². The molecule has 3 aliphatic heterocycles. The van der Waals surface area contributed by atoms with Gasteiger partial charge in [0.25, 0.3) is 0 Å². The summed E-state index contributed by atoms with van der Waals surface area (Å²) in [6.45, 7) is 8.49. The number of fused-ring (bicyclic) bond motifs is 4. The van der Waals surface area contributed by atoms with Gasteiger partial charge in [-0.15, -0.1) is 0 Å². The van der Waals surface area contributed by atoms with Crippen molar-refractivity contribution in [3.05, 3.63) is 85.1 Å². The number of para-hydroxylation sites is 2. The summed E-state index contributed by atoms with van der Waals surface area (Å²) in [5.74, 6) is 1.09. The number of rotatable bonds is 10. The Hall–Kier alpha value is -3.10. The fraction of sp³-hybridized carbons (Fsp3) is 0.395. The lowest BCUT2D eigenvalue weighted by Gasteiger charge is -2.35. The van der Waals surface area contributed by atoms with E-state index in [0.29, 0.717) is 4.90 Å². The Morgan fingerprint density at radius 1 is 0.680 bits per heavy atom. The van der Waals surface area contributed by atoms with E-state index in [4.69, 9.17) is 0 Å². The van der Waals surface area contributed by atoms with Gasteiger partial charge in [0.05, 0.1) is 26.9 Å². The van der Waals surface area contributed by atoms with Crippen molar-refractivity contribution >= 4 is 56.4 Å². The molecule has 9 nitrogen and oxygen atoms in total. The molecule has 0 bridgehead atoms. The van der Waals surface area contributed by atoms with Crippen molar-refractivity contribution < 1.29 is 8.42 Å². The van der Waals surface area contributed by atoms with E-state index in [1.807, 2.05) is 36.2 Å². The van der Waals surface area contributed by atoms with Crippen LogP contribution in [0.1, 0.15) is 12.8 Å². The fourth-order valence-electron chi connectivity index (χ4n) is 6.38. The van der Waals surface area contributed by atoms with E-state index in [2.05, 4.69) is 105 Å². The highest BCUT2D eigenvalue weighted by Gasteiger charge is 2.27. The second-order valence-electron chi connectivity index (χ2n) is 13.3. The monoisotopic (exact) mass is 731 g/mol. The van der Waals surface area contributed by atoms with Gasteiger partial charge in [0, 0.05) is 74.2 Å². The second-order valence-corrected chi connectivity index (χ2v) is 17.7. The van der Waals surface area contributed by atoms with Crippen LogP contribution in [0.15, 0.2) is 110 Å². The summed E-state index contributed by atoms with van der Waals surface area (Å²) in [6, 6.07) is 26.6. The van der Waals surface area contributed by atoms with E-state index >= 15 is 0 Å². The lowest BCUT2D eigenvalue weighted by Crippen LogP contribution is -2.45. The van der Waals surface area contributed by atoms with E-state index in [1.165, 1.54) is 24.7 Å². The number of likely N-dealkylation sites (N-methyl/N-ethyl adjacent to an activating group) is 1. The molecule has 50 heavy (non-hydrogen) atoms. The summed E-state index contributed by atoms with van der Waals surface area (Å²) in [5, 5.41) is 0. The minimum absolute atomic E-state index is 0.343.